The zero-order valence-electron chi connectivity index (χ0n) is 10.4. The van der Waals surface area contributed by atoms with Crippen LogP contribution in [0.3, 0.4) is 0 Å². The van der Waals surface area contributed by atoms with Gasteiger partial charge in [0.15, 0.2) is 0 Å². The smallest absolute Gasteiger partial charge is 0.146 e. The molecule has 0 saturated heterocycles. The number of anilines is 1. The van der Waals surface area contributed by atoms with Crippen LogP contribution in [0.15, 0.2) is 24.3 Å². The fraction of sp³-hybridized carbons (Fsp3) is 0.308. The van der Waals surface area contributed by atoms with Crippen LogP contribution < -0.4 is 5.32 Å². The van der Waals surface area contributed by atoms with Gasteiger partial charge in [0.1, 0.15) is 11.6 Å². The van der Waals surface area contributed by atoms with Gasteiger partial charge < -0.3 is 5.32 Å². The summed E-state index contributed by atoms with van der Waals surface area (Å²) in [6, 6.07) is 5.30. The maximum Gasteiger partial charge on any atom is 0.146 e. The lowest BCUT2D eigenvalue weighted by Gasteiger charge is -2.07. The Morgan fingerprint density at radius 1 is 1.28 bits per heavy atom. The van der Waals surface area contributed by atoms with E-state index in [-0.39, 0.29) is 5.69 Å². The standard InChI is InChI=1S/C13H15F2N3/c1-3-10-7-11(18(2)17-10)8-16-13-6-9(14)4-5-12(13)15/h4-7,16H,3,8H2,1-2H3. The molecule has 3 nitrogen and oxygen atoms in total. The first kappa shape index (κ1) is 12.5. The van der Waals surface area contributed by atoms with Gasteiger partial charge in [0.25, 0.3) is 0 Å². The topological polar surface area (TPSA) is 29.9 Å². The minimum absolute atomic E-state index is 0.161. The molecule has 5 heteroatoms. The molecular weight excluding hydrogens is 236 g/mol. The minimum Gasteiger partial charge on any atom is -0.377 e. The lowest BCUT2D eigenvalue weighted by atomic mass is 10.2. The zero-order chi connectivity index (χ0) is 13.1. The number of rotatable bonds is 4. The van der Waals surface area contributed by atoms with Gasteiger partial charge in [0.05, 0.1) is 23.6 Å². The SMILES string of the molecule is CCc1cc(CNc2cc(F)ccc2F)n(C)n1. The van der Waals surface area contributed by atoms with Crippen molar-refractivity contribution < 1.29 is 8.78 Å². The average Bonchev–Trinajstić information content (AvgIpc) is 2.71. The van der Waals surface area contributed by atoms with Crippen molar-refractivity contribution >= 4 is 5.69 Å². The third kappa shape index (κ3) is 2.67. The van der Waals surface area contributed by atoms with Crippen molar-refractivity contribution in [2.45, 2.75) is 19.9 Å². The Balaban J connectivity index is 2.11. The molecule has 96 valence electrons. The molecule has 18 heavy (non-hydrogen) atoms. The lowest BCUT2D eigenvalue weighted by Crippen LogP contribution is -2.06. The molecule has 0 atom stereocenters. The third-order valence-corrected chi connectivity index (χ3v) is 2.78. The van der Waals surface area contributed by atoms with Crippen molar-refractivity contribution in [3.05, 3.63) is 47.3 Å². The molecule has 2 rings (SSSR count). The summed E-state index contributed by atoms with van der Waals surface area (Å²) in [6.45, 7) is 2.43. The Kier molecular flexibility index (Phi) is 3.60. The molecule has 0 aliphatic carbocycles. The summed E-state index contributed by atoms with van der Waals surface area (Å²) in [6.07, 6.45) is 0.849. The zero-order valence-corrected chi connectivity index (χ0v) is 10.4. The molecule has 0 spiro atoms. The Morgan fingerprint density at radius 2 is 2.06 bits per heavy atom. The molecule has 2 aromatic rings. The van der Waals surface area contributed by atoms with E-state index in [1.54, 1.807) is 4.68 Å². The van der Waals surface area contributed by atoms with Crippen LogP contribution in [0.1, 0.15) is 18.3 Å². The Bertz CT molecular complexity index is 549. The average molecular weight is 251 g/mol. The normalized spacial score (nSPS) is 10.7. The molecule has 1 heterocycles. The first-order valence-corrected chi connectivity index (χ1v) is 5.81. The summed E-state index contributed by atoms with van der Waals surface area (Å²) in [7, 11) is 1.83. The quantitative estimate of drug-likeness (QED) is 0.905. The molecule has 0 fully saturated rings. The fourth-order valence-corrected chi connectivity index (χ4v) is 1.73. The van der Waals surface area contributed by atoms with Crippen LogP contribution in [-0.2, 0) is 20.0 Å². The molecule has 0 aliphatic heterocycles. The van der Waals surface area contributed by atoms with Gasteiger partial charge in [-0.05, 0) is 30.7 Å². The van der Waals surface area contributed by atoms with E-state index in [4.69, 9.17) is 0 Å². The molecule has 1 aromatic heterocycles. The maximum atomic E-state index is 13.4. The van der Waals surface area contributed by atoms with Crippen molar-refractivity contribution in [1.82, 2.24) is 9.78 Å². The molecule has 1 aromatic carbocycles. The van der Waals surface area contributed by atoms with Crippen molar-refractivity contribution in [1.29, 1.82) is 0 Å². The summed E-state index contributed by atoms with van der Waals surface area (Å²) in [5, 5.41) is 7.16. The minimum atomic E-state index is -0.464. The molecular formula is C13H15F2N3. The monoisotopic (exact) mass is 251 g/mol. The van der Waals surface area contributed by atoms with Crippen LogP contribution in [0, 0.1) is 11.6 Å². The van der Waals surface area contributed by atoms with Crippen molar-refractivity contribution in [3.63, 3.8) is 0 Å². The number of aromatic nitrogens is 2. The molecule has 0 radical (unpaired) electrons. The van der Waals surface area contributed by atoms with Crippen molar-refractivity contribution in [2.24, 2.45) is 7.05 Å². The van der Waals surface area contributed by atoms with Gasteiger partial charge in [-0.3, -0.25) is 4.68 Å². The lowest BCUT2D eigenvalue weighted by molar-refractivity contribution is 0.601. The van der Waals surface area contributed by atoms with Gasteiger partial charge in [0.2, 0.25) is 0 Å². The van der Waals surface area contributed by atoms with Gasteiger partial charge in [-0.1, -0.05) is 6.92 Å². The number of aryl methyl sites for hydroxylation is 2. The Hall–Kier alpha value is -1.91. The summed E-state index contributed by atoms with van der Waals surface area (Å²) in [4.78, 5) is 0. The van der Waals surface area contributed by atoms with E-state index in [2.05, 4.69) is 10.4 Å². The molecule has 0 aliphatic rings. The van der Waals surface area contributed by atoms with Gasteiger partial charge in [0, 0.05) is 7.05 Å². The molecule has 0 bridgehead atoms. The second kappa shape index (κ2) is 5.16. The highest BCUT2D eigenvalue weighted by Crippen LogP contribution is 2.16. The summed E-state index contributed by atoms with van der Waals surface area (Å²) in [5.41, 5.74) is 2.07. The molecule has 0 unspecified atom stereocenters. The Morgan fingerprint density at radius 3 is 2.72 bits per heavy atom. The van der Waals surface area contributed by atoms with Crippen LogP contribution in [0.4, 0.5) is 14.5 Å². The van der Waals surface area contributed by atoms with E-state index in [0.717, 1.165) is 36.0 Å². The van der Waals surface area contributed by atoms with Crippen LogP contribution in [-0.4, -0.2) is 9.78 Å². The molecule has 0 amide bonds. The fourth-order valence-electron chi connectivity index (χ4n) is 1.73. The van der Waals surface area contributed by atoms with E-state index < -0.39 is 11.6 Å². The highest BCUT2D eigenvalue weighted by Gasteiger charge is 2.06. The van der Waals surface area contributed by atoms with Gasteiger partial charge >= 0.3 is 0 Å². The van der Waals surface area contributed by atoms with Crippen LogP contribution in [0.25, 0.3) is 0 Å². The van der Waals surface area contributed by atoms with E-state index in [9.17, 15) is 8.78 Å². The predicted molar refractivity (Wildman–Crippen MR) is 66.3 cm³/mol. The summed E-state index contributed by atoms with van der Waals surface area (Å²) in [5.74, 6) is -0.924. The number of nitrogens with one attached hydrogen (secondary N) is 1. The number of benzene rings is 1. The number of halogens is 2. The third-order valence-electron chi connectivity index (χ3n) is 2.78. The van der Waals surface area contributed by atoms with Gasteiger partial charge in [-0.2, -0.15) is 5.10 Å². The first-order chi connectivity index (χ1) is 8.60. The van der Waals surface area contributed by atoms with Crippen LogP contribution in [0.2, 0.25) is 0 Å². The van der Waals surface area contributed by atoms with Crippen LogP contribution >= 0.6 is 0 Å². The van der Waals surface area contributed by atoms with Crippen molar-refractivity contribution in [3.8, 4) is 0 Å². The summed E-state index contributed by atoms with van der Waals surface area (Å²) >= 11 is 0. The highest BCUT2D eigenvalue weighted by molar-refractivity contribution is 5.45. The highest BCUT2D eigenvalue weighted by atomic mass is 19.1. The summed E-state index contributed by atoms with van der Waals surface area (Å²) < 4.78 is 28.1. The van der Waals surface area contributed by atoms with E-state index >= 15 is 0 Å². The molecule has 0 saturated carbocycles. The van der Waals surface area contributed by atoms with Crippen LogP contribution in [0.5, 0.6) is 0 Å². The van der Waals surface area contributed by atoms with E-state index in [1.807, 2.05) is 20.0 Å². The van der Waals surface area contributed by atoms with Gasteiger partial charge in [-0.25, -0.2) is 8.78 Å². The molecule has 1 N–H and O–H groups in total. The predicted octanol–water partition coefficient (Wildman–Crippen LogP) is 2.87. The first-order valence-electron chi connectivity index (χ1n) is 5.81. The van der Waals surface area contributed by atoms with E-state index in [0.29, 0.717) is 6.54 Å². The Labute approximate surface area is 104 Å². The second-order valence-electron chi connectivity index (χ2n) is 4.08. The number of hydrogen-bond donors (Lipinski definition) is 1. The largest absolute Gasteiger partial charge is 0.377 e. The van der Waals surface area contributed by atoms with E-state index in [1.165, 1.54) is 0 Å². The number of hydrogen-bond acceptors (Lipinski definition) is 2. The maximum absolute atomic E-state index is 13.4. The second-order valence-corrected chi connectivity index (χ2v) is 4.08. The van der Waals surface area contributed by atoms with Gasteiger partial charge in [-0.15, -0.1) is 0 Å². The van der Waals surface area contributed by atoms with Crippen molar-refractivity contribution in [2.75, 3.05) is 5.32 Å². The number of nitrogens with zero attached hydrogens (tertiary/aromatic N) is 2.